The fraction of sp³-hybridized carbons (Fsp3) is 0.100. The highest BCUT2D eigenvalue weighted by molar-refractivity contribution is 5.91. The van der Waals surface area contributed by atoms with Crippen molar-refractivity contribution in [1.29, 1.82) is 0 Å². The predicted octanol–water partition coefficient (Wildman–Crippen LogP) is 1.07. The molecular weight excluding hydrogens is 206 g/mol. The lowest BCUT2D eigenvalue weighted by molar-refractivity contribution is 0.380. The molecule has 0 unspecified atom stereocenters. The minimum absolute atomic E-state index is 0.242. The summed E-state index contributed by atoms with van der Waals surface area (Å²) >= 11 is 0. The zero-order chi connectivity index (χ0) is 11.0. The highest BCUT2D eigenvalue weighted by atomic mass is 16.5. The maximum absolute atomic E-state index is 5.42. The highest BCUT2D eigenvalue weighted by Gasteiger charge is 2.11. The van der Waals surface area contributed by atoms with E-state index in [9.17, 15) is 0 Å². The predicted molar refractivity (Wildman–Crippen MR) is 57.3 cm³/mol. The summed E-state index contributed by atoms with van der Waals surface area (Å²) in [4.78, 5) is 4.18. The van der Waals surface area contributed by atoms with Gasteiger partial charge in [0.25, 0.3) is 0 Å². The van der Waals surface area contributed by atoms with Gasteiger partial charge in [-0.05, 0) is 6.07 Å². The maximum Gasteiger partial charge on any atom is 0.240 e. The molecular formula is C10H9N5O. The van der Waals surface area contributed by atoms with Crippen molar-refractivity contribution in [2.24, 2.45) is 5.73 Å². The van der Waals surface area contributed by atoms with Crippen LogP contribution in [0.1, 0.15) is 5.89 Å². The first-order chi connectivity index (χ1) is 7.88. The van der Waals surface area contributed by atoms with Crippen LogP contribution in [0.4, 0.5) is 0 Å². The minimum Gasteiger partial charge on any atom is -0.338 e. The molecule has 16 heavy (non-hydrogen) atoms. The summed E-state index contributed by atoms with van der Waals surface area (Å²) < 4.78 is 4.97. The Morgan fingerprint density at radius 2 is 2.31 bits per heavy atom. The third-order valence-electron chi connectivity index (χ3n) is 2.36. The van der Waals surface area contributed by atoms with Crippen LogP contribution >= 0.6 is 0 Å². The van der Waals surface area contributed by atoms with E-state index in [2.05, 4.69) is 20.3 Å². The number of aromatic amines is 1. The van der Waals surface area contributed by atoms with Crippen molar-refractivity contribution < 1.29 is 4.52 Å². The zero-order valence-electron chi connectivity index (χ0n) is 8.34. The van der Waals surface area contributed by atoms with Crippen LogP contribution < -0.4 is 5.73 Å². The first-order valence-electron chi connectivity index (χ1n) is 4.83. The zero-order valence-corrected chi connectivity index (χ0v) is 8.34. The number of hydrogen-bond acceptors (Lipinski definition) is 5. The topological polar surface area (TPSA) is 93.6 Å². The van der Waals surface area contributed by atoms with E-state index >= 15 is 0 Å². The third kappa shape index (κ3) is 1.28. The summed E-state index contributed by atoms with van der Waals surface area (Å²) in [6.07, 6.45) is 1.75. The fourth-order valence-corrected chi connectivity index (χ4v) is 1.60. The van der Waals surface area contributed by atoms with E-state index in [0.717, 1.165) is 16.5 Å². The number of aromatic nitrogens is 4. The van der Waals surface area contributed by atoms with Crippen LogP contribution in [0.5, 0.6) is 0 Å². The van der Waals surface area contributed by atoms with E-state index in [1.807, 2.05) is 18.2 Å². The van der Waals surface area contributed by atoms with Crippen LogP contribution in [0.15, 0.2) is 28.9 Å². The van der Waals surface area contributed by atoms with Gasteiger partial charge in [-0.3, -0.25) is 5.10 Å². The number of H-pyrrole nitrogens is 1. The van der Waals surface area contributed by atoms with E-state index in [1.165, 1.54) is 0 Å². The number of nitrogens with zero attached hydrogens (tertiary/aromatic N) is 3. The van der Waals surface area contributed by atoms with E-state index < -0.39 is 0 Å². The Balaban J connectivity index is 2.21. The van der Waals surface area contributed by atoms with Gasteiger partial charge in [0.05, 0.1) is 18.3 Å². The van der Waals surface area contributed by atoms with Crippen molar-refractivity contribution in [2.45, 2.75) is 6.54 Å². The number of hydrogen-bond donors (Lipinski definition) is 2. The molecule has 0 saturated heterocycles. The summed E-state index contributed by atoms with van der Waals surface area (Å²) in [6, 6.07) is 5.80. The van der Waals surface area contributed by atoms with E-state index in [1.54, 1.807) is 6.20 Å². The Hall–Kier alpha value is -2.21. The van der Waals surface area contributed by atoms with Crippen LogP contribution in [-0.2, 0) is 6.54 Å². The van der Waals surface area contributed by atoms with E-state index in [0.29, 0.717) is 11.7 Å². The first-order valence-corrected chi connectivity index (χ1v) is 4.83. The summed E-state index contributed by atoms with van der Waals surface area (Å²) in [7, 11) is 0. The fourth-order valence-electron chi connectivity index (χ4n) is 1.60. The average Bonchev–Trinajstić information content (AvgIpc) is 2.97. The first kappa shape index (κ1) is 9.05. The molecule has 0 aliphatic carbocycles. The van der Waals surface area contributed by atoms with Crippen LogP contribution in [0.2, 0.25) is 0 Å². The number of nitrogens with two attached hydrogens (primary N) is 1. The second-order valence-corrected chi connectivity index (χ2v) is 3.36. The van der Waals surface area contributed by atoms with Gasteiger partial charge in [-0.25, -0.2) is 0 Å². The van der Waals surface area contributed by atoms with Gasteiger partial charge in [0.2, 0.25) is 11.7 Å². The molecule has 3 aromatic rings. The monoisotopic (exact) mass is 215 g/mol. The normalized spacial score (nSPS) is 11.1. The van der Waals surface area contributed by atoms with Gasteiger partial charge in [-0.15, -0.1) is 0 Å². The second-order valence-electron chi connectivity index (χ2n) is 3.36. The molecule has 1 aromatic carbocycles. The van der Waals surface area contributed by atoms with Gasteiger partial charge < -0.3 is 10.3 Å². The van der Waals surface area contributed by atoms with Crippen LogP contribution in [0.25, 0.3) is 22.3 Å². The number of benzene rings is 1. The summed E-state index contributed by atoms with van der Waals surface area (Å²) in [5, 5.41) is 11.8. The molecule has 2 aromatic heterocycles. The smallest absolute Gasteiger partial charge is 0.240 e. The number of fused-ring (bicyclic) bond motifs is 1. The molecule has 0 radical (unpaired) electrons. The standard InChI is InChI=1S/C10H9N5O/c11-4-8-13-10(15-16-8)7-3-1-2-6-5-12-14-9(6)7/h1-3,5H,4,11H2,(H,12,14). The summed E-state index contributed by atoms with van der Waals surface area (Å²) in [5.41, 5.74) is 7.17. The second kappa shape index (κ2) is 3.42. The minimum atomic E-state index is 0.242. The lowest BCUT2D eigenvalue weighted by atomic mass is 10.1. The molecule has 0 amide bonds. The van der Waals surface area contributed by atoms with Gasteiger partial charge in [0, 0.05) is 10.9 Å². The van der Waals surface area contributed by atoms with E-state index in [-0.39, 0.29) is 6.54 Å². The average molecular weight is 215 g/mol. The van der Waals surface area contributed by atoms with Gasteiger partial charge in [-0.2, -0.15) is 10.1 Å². The molecule has 0 spiro atoms. The van der Waals surface area contributed by atoms with Gasteiger partial charge in [0.15, 0.2) is 0 Å². The quantitative estimate of drug-likeness (QED) is 0.666. The molecule has 3 rings (SSSR count). The molecule has 0 aliphatic rings. The number of rotatable bonds is 2. The lowest BCUT2D eigenvalue weighted by Crippen LogP contribution is -1.95. The number of para-hydroxylation sites is 1. The molecule has 2 heterocycles. The molecule has 0 bridgehead atoms. The highest BCUT2D eigenvalue weighted by Crippen LogP contribution is 2.24. The van der Waals surface area contributed by atoms with E-state index in [4.69, 9.17) is 10.3 Å². The Morgan fingerprint density at radius 1 is 1.38 bits per heavy atom. The Bertz CT molecular complexity index is 627. The molecule has 80 valence electrons. The maximum atomic E-state index is 5.42. The lowest BCUT2D eigenvalue weighted by Gasteiger charge is -1.95. The molecule has 6 heteroatoms. The van der Waals surface area contributed by atoms with Crippen LogP contribution in [-0.4, -0.2) is 20.3 Å². The largest absolute Gasteiger partial charge is 0.338 e. The van der Waals surface area contributed by atoms with Gasteiger partial charge in [0.1, 0.15) is 0 Å². The SMILES string of the molecule is NCc1nc(-c2cccc3cn[nH]c23)no1. The molecule has 6 nitrogen and oxygen atoms in total. The molecule has 0 fully saturated rings. The molecule has 0 saturated carbocycles. The summed E-state index contributed by atoms with van der Waals surface area (Å²) in [6.45, 7) is 0.242. The molecule has 0 aliphatic heterocycles. The van der Waals surface area contributed by atoms with Crippen molar-refractivity contribution in [3.05, 3.63) is 30.3 Å². The Labute approximate surface area is 90.5 Å². The van der Waals surface area contributed by atoms with Gasteiger partial charge in [-0.1, -0.05) is 17.3 Å². The van der Waals surface area contributed by atoms with Crippen molar-refractivity contribution in [1.82, 2.24) is 20.3 Å². The van der Waals surface area contributed by atoms with Crippen LogP contribution in [0, 0.1) is 0 Å². The number of nitrogens with one attached hydrogen (secondary N) is 1. The Morgan fingerprint density at radius 3 is 3.12 bits per heavy atom. The van der Waals surface area contributed by atoms with Crippen molar-refractivity contribution in [3.63, 3.8) is 0 Å². The molecule has 0 atom stereocenters. The summed E-state index contributed by atoms with van der Waals surface area (Å²) in [5.74, 6) is 0.946. The molecule has 3 N–H and O–H groups in total. The van der Waals surface area contributed by atoms with Crippen molar-refractivity contribution >= 4 is 10.9 Å². The Kier molecular flexibility index (Phi) is 1.94. The van der Waals surface area contributed by atoms with Crippen molar-refractivity contribution in [3.8, 4) is 11.4 Å². The van der Waals surface area contributed by atoms with Gasteiger partial charge >= 0.3 is 0 Å². The van der Waals surface area contributed by atoms with Crippen molar-refractivity contribution in [2.75, 3.05) is 0 Å². The third-order valence-corrected chi connectivity index (χ3v) is 2.36. The van der Waals surface area contributed by atoms with Crippen LogP contribution in [0.3, 0.4) is 0 Å².